The van der Waals surface area contributed by atoms with Crippen LogP contribution >= 0.6 is 0 Å². The maximum atomic E-state index is 11.0. The summed E-state index contributed by atoms with van der Waals surface area (Å²) in [4.78, 5) is 21.6. The zero-order valence-corrected chi connectivity index (χ0v) is 8.38. The van der Waals surface area contributed by atoms with Crippen molar-refractivity contribution in [3.8, 4) is 0 Å². The van der Waals surface area contributed by atoms with Crippen molar-refractivity contribution in [3.63, 3.8) is 0 Å². The van der Waals surface area contributed by atoms with Gasteiger partial charge in [-0.2, -0.15) is 0 Å². The Morgan fingerprint density at radius 3 is 2.56 bits per heavy atom. The molecule has 1 heterocycles. The number of ether oxygens (including phenoxy) is 2. The molecule has 1 saturated heterocycles. The number of hydrogen-bond donors (Lipinski definition) is 1. The average molecular weight is 222 g/mol. The van der Waals surface area contributed by atoms with Gasteiger partial charge in [-0.05, 0) is 17.7 Å². The Morgan fingerprint density at radius 2 is 2.00 bits per heavy atom. The number of esters is 1. The van der Waals surface area contributed by atoms with E-state index in [2.05, 4.69) is 0 Å². The summed E-state index contributed by atoms with van der Waals surface area (Å²) in [5.74, 6) is -1.39. The molecule has 2 rings (SSSR count). The first-order valence-electron chi connectivity index (χ1n) is 4.77. The molecule has 0 amide bonds. The molecule has 16 heavy (non-hydrogen) atoms. The number of hydrogen-bond acceptors (Lipinski definition) is 4. The van der Waals surface area contributed by atoms with Gasteiger partial charge in [0.2, 0.25) is 0 Å². The van der Waals surface area contributed by atoms with Crippen molar-refractivity contribution in [1.29, 1.82) is 0 Å². The fourth-order valence-corrected chi connectivity index (χ4v) is 1.48. The molecule has 1 fully saturated rings. The van der Waals surface area contributed by atoms with Gasteiger partial charge in [0.25, 0.3) is 0 Å². The third-order valence-corrected chi connectivity index (χ3v) is 2.29. The molecular weight excluding hydrogens is 212 g/mol. The Balaban J connectivity index is 2.14. The topological polar surface area (TPSA) is 72.8 Å². The summed E-state index contributed by atoms with van der Waals surface area (Å²) < 4.78 is 10.1. The molecule has 0 saturated carbocycles. The van der Waals surface area contributed by atoms with E-state index in [-0.39, 0.29) is 12.2 Å². The highest BCUT2D eigenvalue weighted by Crippen LogP contribution is 2.21. The summed E-state index contributed by atoms with van der Waals surface area (Å²) in [6.45, 7) is 0.280. The van der Waals surface area contributed by atoms with Gasteiger partial charge in [0.15, 0.2) is 6.10 Å². The number of carbonyl (C=O) groups is 2. The third kappa shape index (κ3) is 2.20. The predicted molar refractivity (Wildman–Crippen MR) is 53.1 cm³/mol. The first kappa shape index (κ1) is 10.6. The van der Waals surface area contributed by atoms with Gasteiger partial charge < -0.3 is 14.6 Å². The SMILES string of the molecule is O=C1COCC(c2ccc(C(=O)O)cc2)O1. The lowest BCUT2D eigenvalue weighted by molar-refractivity contribution is -0.170. The fraction of sp³-hybridized carbons (Fsp3) is 0.273. The fourth-order valence-electron chi connectivity index (χ4n) is 1.48. The maximum absolute atomic E-state index is 11.0. The summed E-state index contributed by atoms with van der Waals surface area (Å²) in [5.41, 5.74) is 0.935. The molecule has 1 N–H and O–H groups in total. The zero-order valence-electron chi connectivity index (χ0n) is 8.38. The predicted octanol–water partition coefficient (Wildman–Crippen LogP) is 0.999. The van der Waals surface area contributed by atoms with Crippen molar-refractivity contribution in [2.75, 3.05) is 13.2 Å². The molecule has 0 aliphatic carbocycles. The van der Waals surface area contributed by atoms with Crippen LogP contribution in [0.1, 0.15) is 22.0 Å². The van der Waals surface area contributed by atoms with Crippen LogP contribution in [0.2, 0.25) is 0 Å². The highest BCUT2D eigenvalue weighted by atomic mass is 16.6. The highest BCUT2D eigenvalue weighted by Gasteiger charge is 2.22. The molecule has 1 aliphatic heterocycles. The van der Waals surface area contributed by atoms with Crippen LogP contribution in [0, 0.1) is 0 Å². The second-order valence-electron chi connectivity index (χ2n) is 3.42. The number of carboxylic acid groups (broad SMARTS) is 1. The van der Waals surface area contributed by atoms with Crippen molar-refractivity contribution < 1.29 is 24.2 Å². The molecule has 0 spiro atoms. The second-order valence-corrected chi connectivity index (χ2v) is 3.42. The van der Waals surface area contributed by atoms with Crippen molar-refractivity contribution in [2.24, 2.45) is 0 Å². The van der Waals surface area contributed by atoms with Gasteiger partial charge in [0, 0.05) is 0 Å². The summed E-state index contributed by atoms with van der Waals surface area (Å²) in [7, 11) is 0. The Kier molecular flexibility index (Phi) is 2.87. The standard InChI is InChI=1S/C11H10O5/c12-10-6-15-5-9(16-10)7-1-3-8(4-2-7)11(13)14/h1-4,9H,5-6H2,(H,13,14). The maximum Gasteiger partial charge on any atom is 0.335 e. The molecule has 1 aromatic carbocycles. The van der Waals surface area contributed by atoms with Gasteiger partial charge in [0.1, 0.15) is 6.61 Å². The van der Waals surface area contributed by atoms with E-state index in [1.807, 2.05) is 0 Å². The number of carboxylic acids is 1. The van der Waals surface area contributed by atoms with Crippen LogP contribution in [0.5, 0.6) is 0 Å². The summed E-state index contributed by atoms with van der Waals surface area (Å²) in [6, 6.07) is 6.19. The summed E-state index contributed by atoms with van der Waals surface area (Å²) in [6.07, 6.45) is -0.441. The largest absolute Gasteiger partial charge is 0.478 e. The number of benzene rings is 1. The van der Waals surface area contributed by atoms with E-state index in [9.17, 15) is 9.59 Å². The monoisotopic (exact) mass is 222 g/mol. The van der Waals surface area contributed by atoms with Gasteiger partial charge in [0.05, 0.1) is 12.2 Å². The number of aromatic carboxylic acids is 1. The zero-order chi connectivity index (χ0) is 11.5. The smallest absolute Gasteiger partial charge is 0.335 e. The minimum atomic E-state index is -0.983. The molecule has 0 radical (unpaired) electrons. The van der Waals surface area contributed by atoms with Crippen LogP contribution in [-0.4, -0.2) is 30.3 Å². The van der Waals surface area contributed by atoms with E-state index < -0.39 is 18.0 Å². The molecule has 1 atom stereocenters. The lowest BCUT2D eigenvalue weighted by Gasteiger charge is -2.22. The van der Waals surface area contributed by atoms with E-state index in [4.69, 9.17) is 14.6 Å². The quantitative estimate of drug-likeness (QED) is 0.755. The normalized spacial score (nSPS) is 20.2. The van der Waals surface area contributed by atoms with Crippen molar-refractivity contribution in [2.45, 2.75) is 6.10 Å². The molecule has 5 heteroatoms. The lowest BCUT2D eigenvalue weighted by Crippen LogP contribution is -2.26. The Morgan fingerprint density at radius 1 is 1.31 bits per heavy atom. The molecular formula is C11H10O5. The van der Waals surface area contributed by atoms with Crippen molar-refractivity contribution in [1.82, 2.24) is 0 Å². The van der Waals surface area contributed by atoms with Crippen LogP contribution in [-0.2, 0) is 14.3 Å². The lowest BCUT2D eigenvalue weighted by atomic mass is 10.1. The molecule has 1 unspecified atom stereocenters. The van der Waals surface area contributed by atoms with Crippen LogP contribution < -0.4 is 0 Å². The molecule has 0 bridgehead atoms. The van der Waals surface area contributed by atoms with Gasteiger partial charge >= 0.3 is 11.9 Å². The van der Waals surface area contributed by atoms with E-state index in [1.54, 1.807) is 12.1 Å². The van der Waals surface area contributed by atoms with E-state index >= 15 is 0 Å². The number of rotatable bonds is 2. The van der Waals surface area contributed by atoms with Gasteiger partial charge in [-0.25, -0.2) is 9.59 Å². The van der Waals surface area contributed by atoms with E-state index in [0.29, 0.717) is 6.61 Å². The second kappa shape index (κ2) is 4.32. The first-order chi connectivity index (χ1) is 7.66. The van der Waals surface area contributed by atoms with E-state index in [1.165, 1.54) is 12.1 Å². The summed E-state index contributed by atoms with van der Waals surface area (Å²) in [5, 5.41) is 8.72. The average Bonchev–Trinajstić information content (AvgIpc) is 2.29. The van der Waals surface area contributed by atoms with Gasteiger partial charge in [-0.1, -0.05) is 12.1 Å². The number of carbonyl (C=O) groups excluding carboxylic acids is 1. The third-order valence-electron chi connectivity index (χ3n) is 2.29. The Labute approximate surface area is 91.6 Å². The molecule has 1 aliphatic rings. The Hall–Kier alpha value is -1.88. The van der Waals surface area contributed by atoms with Crippen LogP contribution in [0.15, 0.2) is 24.3 Å². The highest BCUT2D eigenvalue weighted by molar-refractivity contribution is 5.87. The molecule has 5 nitrogen and oxygen atoms in total. The van der Waals surface area contributed by atoms with Crippen molar-refractivity contribution >= 4 is 11.9 Å². The first-order valence-corrected chi connectivity index (χ1v) is 4.77. The van der Waals surface area contributed by atoms with Gasteiger partial charge in [-0.15, -0.1) is 0 Å². The molecule has 0 aromatic heterocycles. The van der Waals surface area contributed by atoms with E-state index in [0.717, 1.165) is 5.56 Å². The summed E-state index contributed by atoms with van der Waals surface area (Å²) >= 11 is 0. The minimum Gasteiger partial charge on any atom is -0.478 e. The Bertz CT molecular complexity index is 409. The van der Waals surface area contributed by atoms with Gasteiger partial charge in [-0.3, -0.25) is 0 Å². The molecule has 84 valence electrons. The minimum absolute atomic E-state index is 0.0241. The number of cyclic esters (lactones) is 1. The molecule has 1 aromatic rings. The van der Waals surface area contributed by atoms with Crippen LogP contribution in [0.3, 0.4) is 0 Å². The van der Waals surface area contributed by atoms with Crippen LogP contribution in [0.4, 0.5) is 0 Å². The van der Waals surface area contributed by atoms with Crippen molar-refractivity contribution in [3.05, 3.63) is 35.4 Å². The van der Waals surface area contributed by atoms with Crippen LogP contribution in [0.25, 0.3) is 0 Å².